The van der Waals surface area contributed by atoms with Crippen LogP contribution in [0.3, 0.4) is 0 Å². The van der Waals surface area contributed by atoms with Crippen LogP contribution >= 0.6 is 11.3 Å². The molecule has 0 aliphatic carbocycles. The van der Waals surface area contributed by atoms with Crippen LogP contribution in [0.15, 0.2) is 16.2 Å². The van der Waals surface area contributed by atoms with Crippen molar-refractivity contribution < 1.29 is 9.90 Å². The number of carboxylic acid groups (broad SMARTS) is 1. The van der Waals surface area contributed by atoms with E-state index in [1.807, 2.05) is 19.2 Å². The summed E-state index contributed by atoms with van der Waals surface area (Å²) in [4.78, 5) is 30.3. The Morgan fingerprint density at radius 1 is 1.43 bits per heavy atom. The Hall–Kier alpha value is -1.73. The number of nitrogens with one attached hydrogen (secondary N) is 2. The molecule has 0 aliphatic heterocycles. The number of rotatable bonds is 5. The van der Waals surface area contributed by atoms with E-state index in [1.54, 1.807) is 19.9 Å². The van der Waals surface area contributed by atoms with Gasteiger partial charge in [-0.1, -0.05) is 0 Å². The van der Waals surface area contributed by atoms with Crippen molar-refractivity contribution in [3.05, 3.63) is 27.6 Å². The number of hydrogen-bond donors (Lipinski definition) is 3. The molecule has 2 rings (SSSR count). The van der Waals surface area contributed by atoms with Crippen molar-refractivity contribution in [3.63, 3.8) is 0 Å². The van der Waals surface area contributed by atoms with Crippen molar-refractivity contribution in [1.29, 1.82) is 0 Å². The Kier molecular flexibility index (Phi) is 3.90. The first kappa shape index (κ1) is 15.7. The molecule has 0 aromatic carbocycles. The van der Waals surface area contributed by atoms with Gasteiger partial charge in [0.2, 0.25) is 0 Å². The number of carboxylic acids is 1. The molecule has 0 amide bonds. The van der Waals surface area contributed by atoms with E-state index in [4.69, 9.17) is 0 Å². The van der Waals surface area contributed by atoms with Gasteiger partial charge in [-0.3, -0.25) is 9.59 Å². The van der Waals surface area contributed by atoms with E-state index in [1.165, 1.54) is 11.3 Å². The number of aliphatic carboxylic acids is 1. The summed E-state index contributed by atoms with van der Waals surface area (Å²) < 4.78 is 0.601. The number of H-pyrrole nitrogens is 1. The Balaban J connectivity index is 2.21. The highest BCUT2D eigenvalue weighted by molar-refractivity contribution is 7.17. The van der Waals surface area contributed by atoms with E-state index >= 15 is 0 Å². The second kappa shape index (κ2) is 5.23. The lowest BCUT2D eigenvalue weighted by atomic mass is 9.74. The van der Waals surface area contributed by atoms with Crippen LogP contribution in [0.5, 0.6) is 0 Å². The van der Waals surface area contributed by atoms with Gasteiger partial charge in [-0.2, -0.15) is 0 Å². The second-order valence-corrected chi connectivity index (χ2v) is 6.97. The van der Waals surface area contributed by atoms with Gasteiger partial charge >= 0.3 is 5.97 Å². The summed E-state index contributed by atoms with van der Waals surface area (Å²) >= 11 is 1.35. The zero-order chi connectivity index (χ0) is 15.8. The van der Waals surface area contributed by atoms with Crippen LogP contribution in [0, 0.1) is 5.41 Å². The monoisotopic (exact) mass is 309 g/mol. The molecule has 3 N–H and O–H groups in total. The van der Waals surface area contributed by atoms with Crippen LogP contribution in [0.4, 0.5) is 0 Å². The van der Waals surface area contributed by atoms with Crippen molar-refractivity contribution in [2.45, 2.75) is 39.8 Å². The average molecular weight is 309 g/mol. The number of nitrogens with zero attached hydrogens (tertiary/aromatic N) is 1. The van der Waals surface area contributed by atoms with Gasteiger partial charge in [-0.15, -0.1) is 11.3 Å². The number of aromatic nitrogens is 2. The van der Waals surface area contributed by atoms with Crippen molar-refractivity contribution in [2.75, 3.05) is 0 Å². The molecule has 0 aliphatic rings. The molecule has 0 spiro atoms. The third-order valence-electron chi connectivity index (χ3n) is 4.16. The first-order valence-corrected chi connectivity index (χ1v) is 7.48. The minimum Gasteiger partial charge on any atom is -0.481 e. The fourth-order valence-electron chi connectivity index (χ4n) is 1.80. The fraction of sp³-hybridized carbons (Fsp3) is 0.500. The van der Waals surface area contributed by atoms with Gasteiger partial charge in [-0.25, -0.2) is 4.98 Å². The van der Waals surface area contributed by atoms with Crippen molar-refractivity contribution in [3.8, 4) is 0 Å². The SMILES string of the molecule is CC(C)(NCc1nc2ccsc2c(=O)[nH]1)C(C)(C)C(=O)O. The molecule has 0 radical (unpaired) electrons. The van der Waals surface area contributed by atoms with Gasteiger partial charge in [-0.05, 0) is 39.1 Å². The topological polar surface area (TPSA) is 95.1 Å². The Morgan fingerprint density at radius 3 is 2.71 bits per heavy atom. The van der Waals surface area contributed by atoms with Gasteiger partial charge in [0.05, 0.1) is 17.5 Å². The number of aromatic amines is 1. The van der Waals surface area contributed by atoms with Gasteiger partial charge in [0, 0.05) is 5.54 Å². The first-order chi connectivity index (χ1) is 9.65. The standard InChI is InChI=1S/C14H19N3O3S/c1-13(2,12(19)20)14(3,4)15-7-9-16-8-5-6-21-10(8)11(18)17-9/h5-6,15H,7H2,1-4H3,(H,19,20)(H,16,17,18). The van der Waals surface area contributed by atoms with Gasteiger partial charge in [0.1, 0.15) is 10.5 Å². The van der Waals surface area contributed by atoms with E-state index < -0.39 is 16.9 Å². The van der Waals surface area contributed by atoms with Gasteiger partial charge in [0.15, 0.2) is 0 Å². The highest BCUT2D eigenvalue weighted by atomic mass is 32.1. The molecule has 6 nitrogen and oxygen atoms in total. The molecule has 0 saturated carbocycles. The number of hydrogen-bond acceptors (Lipinski definition) is 5. The maximum absolute atomic E-state index is 11.9. The van der Waals surface area contributed by atoms with E-state index in [0.29, 0.717) is 22.6 Å². The van der Waals surface area contributed by atoms with Gasteiger partial charge in [0.25, 0.3) is 5.56 Å². The molecule has 0 saturated heterocycles. The predicted octanol–water partition coefficient (Wildman–Crippen LogP) is 1.96. The Bertz CT molecular complexity index is 730. The third kappa shape index (κ3) is 2.84. The third-order valence-corrected chi connectivity index (χ3v) is 5.06. The summed E-state index contributed by atoms with van der Waals surface area (Å²) in [6.45, 7) is 7.27. The number of carbonyl (C=O) groups is 1. The molecule has 21 heavy (non-hydrogen) atoms. The van der Waals surface area contributed by atoms with Crippen LogP contribution < -0.4 is 10.9 Å². The molecule has 0 bridgehead atoms. The summed E-state index contributed by atoms with van der Waals surface area (Å²) in [6, 6.07) is 1.80. The molecule has 0 fully saturated rings. The molecular weight excluding hydrogens is 290 g/mol. The lowest BCUT2D eigenvalue weighted by Gasteiger charge is -2.38. The predicted molar refractivity (Wildman–Crippen MR) is 82.6 cm³/mol. The first-order valence-electron chi connectivity index (χ1n) is 6.60. The highest BCUT2D eigenvalue weighted by Gasteiger charge is 2.43. The van der Waals surface area contributed by atoms with Gasteiger partial charge < -0.3 is 15.4 Å². The normalized spacial score (nSPS) is 12.8. The summed E-state index contributed by atoms with van der Waals surface area (Å²) in [6.07, 6.45) is 0. The van der Waals surface area contributed by atoms with Crippen LogP contribution in [0.25, 0.3) is 10.2 Å². The molecule has 114 valence electrons. The zero-order valence-electron chi connectivity index (χ0n) is 12.5. The summed E-state index contributed by atoms with van der Waals surface area (Å²) in [5.41, 5.74) is -1.13. The largest absolute Gasteiger partial charge is 0.481 e. The average Bonchev–Trinajstić information content (AvgIpc) is 2.85. The Morgan fingerprint density at radius 2 is 2.10 bits per heavy atom. The minimum absolute atomic E-state index is 0.165. The molecule has 0 atom stereocenters. The number of thiophene rings is 1. The quantitative estimate of drug-likeness (QED) is 0.785. The van der Waals surface area contributed by atoms with Crippen LogP contribution in [-0.2, 0) is 11.3 Å². The van der Waals surface area contributed by atoms with Crippen LogP contribution in [0.2, 0.25) is 0 Å². The minimum atomic E-state index is -0.959. The van der Waals surface area contributed by atoms with E-state index in [9.17, 15) is 14.7 Å². The van der Waals surface area contributed by atoms with Crippen molar-refractivity contribution in [1.82, 2.24) is 15.3 Å². The van der Waals surface area contributed by atoms with E-state index in [0.717, 1.165) is 0 Å². The molecule has 2 aromatic rings. The number of fused-ring (bicyclic) bond motifs is 1. The summed E-state index contributed by atoms with van der Waals surface area (Å²) in [5, 5.41) is 14.3. The molecule has 0 unspecified atom stereocenters. The fourth-order valence-corrected chi connectivity index (χ4v) is 2.52. The smallest absolute Gasteiger partial charge is 0.310 e. The lowest BCUT2D eigenvalue weighted by molar-refractivity contribution is -0.151. The maximum atomic E-state index is 11.9. The summed E-state index contributed by atoms with van der Waals surface area (Å²) in [7, 11) is 0. The molecular formula is C14H19N3O3S. The van der Waals surface area contributed by atoms with Crippen LogP contribution in [0.1, 0.15) is 33.5 Å². The highest BCUT2D eigenvalue weighted by Crippen LogP contribution is 2.30. The molecule has 2 aromatic heterocycles. The zero-order valence-corrected chi connectivity index (χ0v) is 13.3. The lowest BCUT2D eigenvalue weighted by Crippen LogP contribution is -2.54. The maximum Gasteiger partial charge on any atom is 0.310 e. The van der Waals surface area contributed by atoms with E-state index in [-0.39, 0.29) is 5.56 Å². The van der Waals surface area contributed by atoms with E-state index in [2.05, 4.69) is 15.3 Å². The molecule has 2 heterocycles. The van der Waals surface area contributed by atoms with Crippen LogP contribution in [-0.4, -0.2) is 26.6 Å². The second-order valence-electron chi connectivity index (χ2n) is 6.06. The van der Waals surface area contributed by atoms with Crippen molar-refractivity contribution in [2.24, 2.45) is 5.41 Å². The summed E-state index contributed by atoms with van der Waals surface area (Å²) in [5.74, 6) is -0.380. The van der Waals surface area contributed by atoms with Crippen molar-refractivity contribution >= 4 is 27.5 Å². The molecule has 7 heteroatoms. The Labute approximate surface area is 126 Å².